The minimum atomic E-state index is -0.480. The van der Waals surface area contributed by atoms with Gasteiger partial charge < -0.3 is 15.0 Å². The number of benzene rings is 1. The lowest BCUT2D eigenvalue weighted by molar-refractivity contribution is 0.0261. The molecule has 1 amide bonds. The summed E-state index contributed by atoms with van der Waals surface area (Å²) >= 11 is 0. The summed E-state index contributed by atoms with van der Waals surface area (Å²) in [6, 6.07) is 5.23. The standard InChI is InChI=1S/C18H27FN2O2/c1-5-21(17(22)23-18(2,3)4)11-10-20-16-9-6-13-12-14(19)7-8-15(13)16/h7-8,12,16,20H,5-6,9-11H2,1-4H3. The minimum absolute atomic E-state index is 0.175. The summed E-state index contributed by atoms with van der Waals surface area (Å²) in [4.78, 5) is 13.8. The fourth-order valence-corrected chi connectivity index (χ4v) is 2.88. The van der Waals surface area contributed by atoms with Crippen LogP contribution >= 0.6 is 0 Å². The second kappa shape index (κ2) is 7.30. The lowest BCUT2D eigenvalue weighted by Crippen LogP contribution is -2.40. The first-order valence-electron chi connectivity index (χ1n) is 8.30. The van der Waals surface area contributed by atoms with E-state index in [1.54, 1.807) is 11.0 Å². The average Bonchev–Trinajstić information content (AvgIpc) is 2.83. The number of hydrogen-bond donors (Lipinski definition) is 1. The first kappa shape index (κ1) is 17.7. The van der Waals surface area contributed by atoms with Crippen molar-refractivity contribution >= 4 is 6.09 Å². The third kappa shape index (κ3) is 4.93. The van der Waals surface area contributed by atoms with E-state index in [0.717, 1.165) is 18.4 Å². The molecule has 1 aromatic carbocycles. The van der Waals surface area contributed by atoms with E-state index in [1.165, 1.54) is 11.6 Å². The van der Waals surface area contributed by atoms with Gasteiger partial charge in [-0.25, -0.2) is 9.18 Å². The number of hydrogen-bond acceptors (Lipinski definition) is 3. The number of likely N-dealkylation sites (N-methyl/N-ethyl adjacent to an activating group) is 1. The van der Waals surface area contributed by atoms with Crippen molar-refractivity contribution in [1.82, 2.24) is 10.2 Å². The molecular formula is C18H27FN2O2. The highest BCUT2D eigenvalue weighted by atomic mass is 19.1. The fraction of sp³-hybridized carbons (Fsp3) is 0.611. The predicted octanol–water partition coefficient (Wildman–Crippen LogP) is 3.66. The van der Waals surface area contributed by atoms with E-state index in [4.69, 9.17) is 4.74 Å². The smallest absolute Gasteiger partial charge is 0.410 e. The molecule has 0 spiro atoms. The normalized spacial score (nSPS) is 17.0. The van der Waals surface area contributed by atoms with E-state index in [9.17, 15) is 9.18 Å². The van der Waals surface area contributed by atoms with E-state index in [-0.39, 0.29) is 18.0 Å². The van der Waals surface area contributed by atoms with E-state index in [1.807, 2.05) is 33.8 Å². The molecule has 1 unspecified atom stereocenters. The number of carbonyl (C=O) groups excluding carboxylic acids is 1. The van der Waals surface area contributed by atoms with Gasteiger partial charge in [0.15, 0.2) is 0 Å². The van der Waals surface area contributed by atoms with E-state index >= 15 is 0 Å². The summed E-state index contributed by atoms with van der Waals surface area (Å²) in [6.07, 6.45) is 1.58. The van der Waals surface area contributed by atoms with Gasteiger partial charge in [0.25, 0.3) is 0 Å². The topological polar surface area (TPSA) is 41.6 Å². The minimum Gasteiger partial charge on any atom is -0.444 e. The maximum Gasteiger partial charge on any atom is 0.410 e. The van der Waals surface area contributed by atoms with Crippen LogP contribution in [0.1, 0.15) is 51.3 Å². The van der Waals surface area contributed by atoms with Crippen molar-refractivity contribution in [3.63, 3.8) is 0 Å². The molecule has 0 heterocycles. The van der Waals surface area contributed by atoms with Crippen molar-refractivity contribution in [3.05, 3.63) is 35.1 Å². The summed E-state index contributed by atoms with van der Waals surface area (Å²) in [7, 11) is 0. The zero-order chi connectivity index (χ0) is 17.0. The van der Waals surface area contributed by atoms with Gasteiger partial charge in [0.2, 0.25) is 0 Å². The predicted molar refractivity (Wildman–Crippen MR) is 88.9 cm³/mol. The summed E-state index contributed by atoms with van der Waals surface area (Å²) in [5.41, 5.74) is 1.78. The Labute approximate surface area is 138 Å². The number of rotatable bonds is 5. The Morgan fingerprint density at radius 1 is 1.43 bits per heavy atom. The lowest BCUT2D eigenvalue weighted by atomic mass is 10.1. The largest absolute Gasteiger partial charge is 0.444 e. The monoisotopic (exact) mass is 322 g/mol. The first-order valence-corrected chi connectivity index (χ1v) is 8.30. The number of nitrogens with one attached hydrogen (secondary N) is 1. The van der Waals surface area contributed by atoms with Gasteiger partial charge in [0, 0.05) is 25.7 Å². The highest BCUT2D eigenvalue weighted by Gasteiger charge is 2.24. The van der Waals surface area contributed by atoms with Crippen LogP contribution in [0.15, 0.2) is 18.2 Å². The van der Waals surface area contributed by atoms with E-state index in [0.29, 0.717) is 19.6 Å². The average molecular weight is 322 g/mol. The Hall–Kier alpha value is -1.62. The summed E-state index contributed by atoms with van der Waals surface area (Å²) in [6.45, 7) is 9.44. The maximum absolute atomic E-state index is 13.2. The van der Waals surface area contributed by atoms with Gasteiger partial charge in [-0.15, -0.1) is 0 Å². The summed E-state index contributed by atoms with van der Waals surface area (Å²) in [5.74, 6) is -0.175. The van der Waals surface area contributed by atoms with Crippen LogP contribution in [0.2, 0.25) is 0 Å². The number of fused-ring (bicyclic) bond motifs is 1. The van der Waals surface area contributed by atoms with Gasteiger partial charge in [0.05, 0.1) is 0 Å². The molecule has 0 saturated carbocycles. The highest BCUT2D eigenvalue weighted by Crippen LogP contribution is 2.31. The number of aryl methyl sites for hydroxylation is 1. The Kier molecular flexibility index (Phi) is 5.63. The second-order valence-electron chi connectivity index (χ2n) is 6.95. The molecule has 1 atom stereocenters. The highest BCUT2D eigenvalue weighted by molar-refractivity contribution is 5.68. The maximum atomic E-state index is 13.2. The van der Waals surface area contributed by atoms with Crippen LogP contribution in [0.25, 0.3) is 0 Å². The molecule has 0 aromatic heterocycles. The van der Waals surface area contributed by atoms with Crippen molar-refractivity contribution in [1.29, 1.82) is 0 Å². The second-order valence-corrected chi connectivity index (χ2v) is 6.95. The van der Waals surface area contributed by atoms with Crippen LogP contribution in [-0.2, 0) is 11.2 Å². The number of halogens is 1. The van der Waals surface area contributed by atoms with Gasteiger partial charge in [-0.3, -0.25) is 0 Å². The molecule has 5 heteroatoms. The number of nitrogens with zero attached hydrogens (tertiary/aromatic N) is 1. The van der Waals surface area contributed by atoms with Crippen LogP contribution in [0.3, 0.4) is 0 Å². The Morgan fingerprint density at radius 3 is 2.83 bits per heavy atom. The molecule has 1 aromatic rings. The molecule has 128 valence electrons. The Bertz CT molecular complexity index is 554. The third-order valence-electron chi connectivity index (χ3n) is 3.99. The molecule has 0 saturated heterocycles. The van der Waals surface area contributed by atoms with Gasteiger partial charge in [-0.1, -0.05) is 6.07 Å². The van der Waals surface area contributed by atoms with Gasteiger partial charge in [0.1, 0.15) is 11.4 Å². The third-order valence-corrected chi connectivity index (χ3v) is 3.99. The van der Waals surface area contributed by atoms with Crippen molar-refractivity contribution in [2.75, 3.05) is 19.6 Å². The fourth-order valence-electron chi connectivity index (χ4n) is 2.88. The van der Waals surface area contributed by atoms with E-state index in [2.05, 4.69) is 5.32 Å². The summed E-state index contributed by atoms with van der Waals surface area (Å²) in [5, 5.41) is 3.47. The van der Waals surface area contributed by atoms with Gasteiger partial charge in [-0.05, 0) is 63.8 Å². The zero-order valence-electron chi connectivity index (χ0n) is 14.5. The molecule has 0 bridgehead atoms. The molecule has 23 heavy (non-hydrogen) atoms. The van der Waals surface area contributed by atoms with Crippen LogP contribution < -0.4 is 5.32 Å². The van der Waals surface area contributed by atoms with Crippen LogP contribution in [0.5, 0.6) is 0 Å². The molecule has 0 aliphatic heterocycles. The van der Waals surface area contributed by atoms with Crippen molar-refractivity contribution in [3.8, 4) is 0 Å². The van der Waals surface area contributed by atoms with Gasteiger partial charge >= 0.3 is 6.09 Å². The molecule has 1 aliphatic rings. The van der Waals surface area contributed by atoms with Crippen LogP contribution in [0, 0.1) is 5.82 Å². The van der Waals surface area contributed by atoms with Crippen molar-refractivity contribution in [2.24, 2.45) is 0 Å². The quantitative estimate of drug-likeness (QED) is 0.899. The summed E-state index contributed by atoms with van der Waals surface area (Å²) < 4.78 is 18.6. The van der Waals surface area contributed by atoms with Gasteiger partial charge in [-0.2, -0.15) is 0 Å². The number of amides is 1. The molecule has 0 radical (unpaired) electrons. The van der Waals surface area contributed by atoms with Crippen molar-refractivity contribution < 1.29 is 13.9 Å². The zero-order valence-corrected chi connectivity index (χ0v) is 14.5. The molecule has 0 fully saturated rings. The molecule has 1 aliphatic carbocycles. The SMILES string of the molecule is CCN(CCNC1CCc2cc(F)ccc21)C(=O)OC(C)(C)C. The van der Waals surface area contributed by atoms with Crippen molar-refractivity contribution in [2.45, 2.75) is 52.2 Å². The van der Waals surface area contributed by atoms with Crippen LogP contribution in [-0.4, -0.2) is 36.2 Å². The van der Waals surface area contributed by atoms with Crippen LogP contribution in [0.4, 0.5) is 9.18 Å². The van der Waals surface area contributed by atoms with E-state index < -0.39 is 5.60 Å². The first-order chi connectivity index (χ1) is 10.8. The molecule has 4 nitrogen and oxygen atoms in total. The Morgan fingerprint density at radius 2 is 2.17 bits per heavy atom. The molecule has 1 N–H and O–H groups in total. The lowest BCUT2D eigenvalue weighted by Gasteiger charge is -2.27. The number of carbonyl (C=O) groups is 1. The Balaban J connectivity index is 1.84. The number of ether oxygens (including phenoxy) is 1. The molecular weight excluding hydrogens is 295 g/mol. The molecule has 2 rings (SSSR count).